The van der Waals surface area contributed by atoms with Crippen LogP contribution in [0.1, 0.15) is 72.3 Å². The first kappa shape index (κ1) is 33.8. The number of unbranched alkanes of at least 4 members (excludes halogenated alkanes) is 1. The van der Waals surface area contributed by atoms with Gasteiger partial charge in [0.15, 0.2) is 0 Å². The predicted octanol–water partition coefficient (Wildman–Crippen LogP) is 6.67. The monoisotopic (exact) mass is 492 g/mol. The van der Waals surface area contributed by atoms with Gasteiger partial charge in [-0.1, -0.05) is 95.8 Å². The summed E-state index contributed by atoms with van der Waals surface area (Å²) in [6, 6.07) is 10.4. The number of methoxy groups -OCH3 is 1. The third kappa shape index (κ3) is 17.1. The topological polar surface area (TPSA) is 77.0 Å². The second kappa shape index (κ2) is 23.8. The number of ether oxygens (including phenoxy) is 2. The Bertz CT molecular complexity index is 733. The van der Waals surface area contributed by atoms with Crippen LogP contribution in [0.5, 0.6) is 0 Å². The number of aldehydes is 1. The Morgan fingerprint density at radius 3 is 2.32 bits per heavy atom. The van der Waals surface area contributed by atoms with Crippen molar-refractivity contribution in [3.8, 4) is 0 Å². The molecule has 0 aliphatic rings. The molecule has 34 heavy (non-hydrogen) atoms. The fourth-order valence-electron chi connectivity index (χ4n) is 2.63. The fraction of sp³-hybridized carbons (Fsp3) is 0.519. The summed E-state index contributed by atoms with van der Waals surface area (Å²) in [5, 5.41) is 0. The molecule has 0 radical (unpaired) electrons. The van der Waals surface area contributed by atoms with E-state index in [2.05, 4.69) is 30.1 Å². The van der Waals surface area contributed by atoms with Crippen LogP contribution in [0.2, 0.25) is 0 Å². The van der Waals surface area contributed by atoms with Gasteiger partial charge in [0.05, 0.1) is 18.2 Å². The molecule has 0 amide bonds. The van der Waals surface area contributed by atoms with Crippen LogP contribution in [0, 0.1) is 0 Å². The summed E-state index contributed by atoms with van der Waals surface area (Å²) in [6.45, 7) is 14.3. The summed E-state index contributed by atoms with van der Waals surface area (Å²) in [4.78, 5) is 27.1. The maximum absolute atomic E-state index is 12.1. The zero-order valence-corrected chi connectivity index (χ0v) is 22.9. The van der Waals surface area contributed by atoms with E-state index >= 15 is 0 Å². The van der Waals surface area contributed by atoms with Crippen LogP contribution in [0.15, 0.2) is 59.1 Å². The SMILES string of the molecule is C=C(C(=O)OC(=NC(CCC)CCCC)NSC)/C(C)=C/C=O.CC.COCc1ccccc1. The molecule has 1 N–H and O–H groups in total. The van der Waals surface area contributed by atoms with Gasteiger partial charge >= 0.3 is 12.0 Å². The Morgan fingerprint density at radius 1 is 1.18 bits per heavy atom. The first-order chi connectivity index (χ1) is 16.4. The van der Waals surface area contributed by atoms with Gasteiger partial charge in [0.1, 0.15) is 6.29 Å². The Balaban J connectivity index is 0. The van der Waals surface area contributed by atoms with Gasteiger partial charge in [-0.2, -0.15) is 0 Å². The number of esters is 1. The van der Waals surface area contributed by atoms with Crippen LogP contribution in [0.4, 0.5) is 0 Å². The number of rotatable bonds is 12. The molecule has 0 saturated heterocycles. The number of nitrogens with one attached hydrogen (secondary N) is 1. The van der Waals surface area contributed by atoms with Crippen molar-refractivity contribution in [3.05, 3.63) is 59.7 Å². The number of aliphatic imine (C=N–C) groups is 1. The van der Waals surface area contributed by atoms with E-state index < -0.39 is 5.97 Å². The second-order valence-electron chi connectivity index (χ2n) is 7.10. The largest absolute Gasteiger partial charge is 0.388 e. The lowest BCUT2D eigenvalue weighted by Gasteiger charge is -2.15. The first-order valence-electron chi connectivity index (χ1n) is 11.9. The van der Waals surface area contributed by atoms with Crippen LogP contribution >= 0.6 is 11.9 Å². The molecule has 1 unspecified atom stereocenters. The van der Waals surface area contributed by atoms with E-state index in [0.29, 0.717) is 18.5 Å². The highest BCUT2D eigenvalue weighted by molar-refractivity contribution is 7.97. The minimum atomic E-state index is -0.605. The third-order valence-electron chi connectivity index (χ3n) is 4.39. The number of amidine groups is 1. The van der Waals surface area contributed by atoms with Crippen LogP contribution in [-0.4, -0.2) is 37.7 Å². The number of hydrogen-bond donors (Lipinski definition) is 1. The van der Waals surface area contributed by atoms with Crippen LogP contribution in [0.3, 0.4) is 0 Å². The van der Waals surface area contributed by atoms with Crippen molar-refractivity contribution < 1.29 is 19.1 Å². The zero-order valence-electron chi connectivity index (χ0n) is 22.1. The molecule has 0 fully saturated rings. The summed E-state index contributed by atoms with van der Waals surface area (Å²) in [5.74, 6) is -0.605. The highest BCUT2D eigenvalue weighted by Crippen LogP contribution is 2.13. The molecule has 0 aliphatic carbocycles. The predicted molar refractivity (Wildman–Crippen MR) is 146 cm³/mol. The zero-order chi connectivity index (χ0) is 26.2. The normalized spacial score (nSPS) is 11.7. The molecule has 0 aliphatic heterocycles. The van der Waals surface area contributed by atoms with Crippen molar-refractivity contribution in [2.45, 2.75) is 79.4 Å². The molecular weight excluding hydrogens is 448 g/mol. The van der Waals surface area contributed by atoms with Gasteiger partial charge in [-0.25, -0.2) is 9.79 Å². The molecule has 1 rings (SSSR count). The Hall–Kier alpha value is -2.38. The molecule has 0 spiro atoms. The van der Waals surface area contributed by atoms with E-state index in [1.165, 1.54) is 23.6 Å². The van der Waals surface area contributed by atoms with Gasteiger partial charge in [-0.3, -0.25) is 9.52 Å². The van der Waals surface area contributed by atoms with E-state index in [1.807, 2.05) is 50.4 Å². The van der Waals surface area contributed by atoms with Gasteiger partial charge < -0.3 is 9.47 Å². The molecule has 0 saturated carbocycles. The maximum Gasteiger partial charge on any atom is 0.345 e. The number of benzene rings is 1. The van der Waals surface area contributed by atoms with Crippen molar-refractivity contribution >= 4 is 30.2 Å². The number of carbonyl (C=O) groups excluding carboxylic acids is 2. The number of hydrogen-bond acceptors (Lipinski definition) is 6. The lowest BCUT2D eigenvalue weighted by molar-refractivity contribution is -0.131. The molecular formula is C27H44N2O4S. The standard InChI is InChI=1S/C17H28N2O3S.C8H10O.C2H6/c1-6-8-10-15(9-7-2)18-17(19-23-5)22-16(21)14(4)13(3)11-12-20;1-9-7-8-5-3-2-4-6-8;1-2/h11-12,15H,4,6-10H2,1-3,5H3,(H,18,19);2-6H,7H2,1H3;1-2H3/b13-11+;;. The highest BCUT2D eigenvalue weighted by Gasteiger charge is 2.16. The quantitative estimate of drug-likeness (QED) is 0.0667. The van der Waals surface area contributed by atoms with Crippen LogP contribution in [0.25, 0.3) is 0 Å². The van der Waals surface area contributed by atoms with Crippen molar-refractivity contribution in [2.75, 3.05) is 13.4 Å². The van der Waals surface area contributed by atoms with Gasteiger partial charge in [0.25, 0.3) is 0 Å². The smallest absolute Gasteiger partial charge is 0.345 e. The second-order valence-corrected chi connectivity index (χ2v) is 7.71. The summed E-state index contributed by atoms with van der Waals surface area (Å²) >= 11 is 1.31. The summed E-state index contributed by atoms with van der Waals surface area (Å²) in [5.41, 5.74) is 1.85. The van der Waals surface area contributed by atoms with Crippen molar-refractivity contribution in [3.63, 3.8) is 0 Å². The Morgan fingerprint density at radius 2 is 1.82 bits per heavy atom. The molecule has 6 nitrogen and oxygen atoms in total. The van der Waals surface area contributed by atoms with Gasteiger partial charge in [-0.15, -0.1) is 0 Å². The Kier molecular flexibility index (Phi) is 23.6. The van der Waals surface area contributed by atoms with Gasteiger partial charge in [0.2, 0.25) is 0 Å². The summed E-state index contributed by atoms with van der Waals surface area (Å²) in [7, 11) is 1.70. The maximum atomic E-state index is 12.1. The van der Waals surface area contributed by atoms with Crippen LogP contribution in [-0.2, 0) is 25.7 Å². The van der Waals surface area contributed by atoms with E-state index in [4.69, 9.17) is 9.47 Å². The lowest BCUT2D eigenvalue weighted by Crippen LogP contribution is -2.26. The van der Waals surface area contributed by atoms with Gasteiger partial charge in [-0.05, 0) is 37.0 Å². The molecule has 1 aromatic rings. The minimum absolute atomic E-state index is 0.127. The molecule has 0 bridgehead atoms. The summed E-state index contributed by atoms with van der Waals surface area (Å²) in [6.07, 6.45) is 8.85. The first-order valence-corrected chi connectivity index (χ1v) is 13.1. The molecule has 1 aromatic carbocycles. The van der Waals surface area contributed by atoms with Crippen molar-refractivity contribution in [1.29, 1.82) is 0 Å². The number of allylic oxidation sites excluding steroid dienone is 1. The van der Waals surface area contributed by atoms with E-state index in [1.54, 1.807) is 14.0 Å². The van der Waals surface area contributed by atoms with Gasteiger partial charge in [0, 0.05) is 13.4 Å². The molecule has 0 heterocycles. The molecule has 7 heteroatoms. The average Bonchev–Trinajstić information content (AvgIpc) is 2.85. The van der Waals surface area contributed by atoms with Crippen molar-refractivity contribution in [2.24, 2.45) is 4.99 Å². The minimum Gasteiger partial charge on any atom is -0.388 e. The van der Waals surface area contributed by atoms with E-state index in [0.717, 1.165) is 32.1 Å². The lowest BCUT2D eigenvalue weighted by atomic mass is 10.1. The molecule has 1 atom stereocenters. The third-order valence-corrected chi connectivity index (χ3v) is 4.76. The van der Waals surface area contributed by atoms with E-state index in [-0.39, 0.29) is 17.6 Å². The molecule has 192 valence electrons. The van der Waals surface area contributed by atoms with E-state index in [9.17, 15) is 9.59 Å². The average molecular weight is 493 g/mol. The van der Waals surface area contributed by atoms with Crippen molar-refractivity contribution in [1.82, 2.24) is 4.72 Å². The summed E-state index contributed by atoms with van der Waals surface area (Å²) < 4.78 is 13.1. The fourth-order valence-corrected chi connectivity index (χ4v) is 2.90. The molecule has 0 aromatic heterocycles. The number of nitrogens with zero attached hydrogens (tertiary/aromatic N) is 1. The Labute approximate surface area is 211 Å². The number of carbonyl (C=O) groups is 2. The highest BCUT2D eigenvalue weighted by atomic mass is 32.2. The van der Waals surface area contributed by atoms with Crippen LogP contribution < -0.4 is 4.72 Å².